The van der Waals surface area contributed by atoms with Crippen molar-refractivity contribution in [3.63, 3.8) is 0 Å². The maximum Gasteiger partial charge on any atom is 0.417 e. The lowest BCUT2D eigenvalue weighted by molar-refractivity contribution is -0.138. The average molecular weight is 570 g/mol. The van der Waals surface area contributed by atoms with E-state index >= 15 is 0 Å². The number of H-pyrrole nitrogens is 1. The zero-order valence-electron chi connectivity index (χ0n) is 17.8. The number of aromatic nitrogens is 4. The molecule has 35 heavy (non-hydrogen) atoms. The van der Waals surface area contributed by atoms with E-state index in [2.05, 4.69) is 30.9 Å². The van der Waals surface area contributed by atoms with E-state index in [1.165, 1.54) is 17.0 Å². The van der Waals surface area contributed by atoms with Crippen molar-refractivity contribution in [2.45, 2.75) is 32.1 Å². The molecule has 1 aliphatic rings. The number of benzene rings is 1. The van der Waals surface area contributed by atoms with Gasteiger partial charge < -0.3 is 15.0 Å². The highest BCUT2D eigenvalue weighted by Crippen LogP contribution is 2.36. The number of alkyl halides is 3. The van der Waals surface area contributed by atoms with E-state index in [4.69, 9.17) is 17.3 Å². The van der Waals surface area contributed by atoms with Crippen molar-refractivity contribution in [3.8, 4) is 5.95 Å². The van der Waals surface area contributed by atoms with E-state index in [1.807, 2.05) is 0 Å². The van der Waals surface area contributed by atoms with E-state index in [0.717, 1.165) is 23.0 Å². The zero-order valence-corrected chi connectivity index (χ0v) is 20.2. The van der Waals surface area contributed by atoms with Gasteiger partial charge in [0.2, 0.25) is 5.95 Å². The molecule has 182 valence electrons. The molecule has 0 unspecified atom stereocenters. The molecule has 1 aliphatic heterocycles. The first-order valence-corrected chi connectivity index (χ1v) is 11.2. The predicted molar refractivity (Wildman–Crippen MR) is 122 cm³/mol. The molecule has 0 spiro atoms. The number of hydrogen-bond acceptors (Lipinski definition) is 6. The van der Waals surface area contributed by atoms with Crippen LogP contribution in [0.1, 0.15) is 44.5 Å². The highest BCUT2D eigenvalue weighted by Gasteiger charge is 2.35. The summed E-state index contributed by atoms with van der Waals surface area (Å²) in [6.07, 6.45) is -2.46. The Balaban J connectivity index is 1.70. The fraction of sp³-hybridized carbons (Fsp3) is 0.238. The number of aromatic amines is 1. The summed E-state index contributed by atoms with van der Waals surface area (Å²) < 4.78 is 40.6. The van der Waals surface area contributed by atoms with E-state index in [9.17, 15) is 27.6 Å². The third kappa shape index (κ3) is 4.62. The van der Waals surface area contributed by atoms with Gasteiger partial charge in [0.1, 0.15) is 0 Å². The first kappa shape index (κ1) is 24.7. The van der Waals surface area contributed by atoms with Crippen molar-refractivity contribution in [3.05, 3.63) is 78.1 Å². The second-order valence-corrected chi connectivity index (χ2v) is 9.02. The minimum absolute atomic E-state index is 0.0781. The lowest BCUT2D eigenvalue weighted by Gasteiger charge is -2.34. The molecule has 0 fully saturated rings. The number of nitrogens with zero attached hydrogens (tertiary/aromatic N) is 4. The van der Waals surface area contributed by atoms with Crippen LogP contribution in [0, 0.1) is 4.77 Å². The summed E-state index contributed by atoms with van der Waals surface area (Å²) in [5.41, 5.74) is -1.15. The van der Waals surface area contributed by atoms with Gasteiger partial charge in [-0.05, 0) is 43.8 Å². The number of nitrogens with one attached hydrogen (secondary N) is 1. The Bertz CT molecular complexity index is 1470. The molecule has 0 aliphatic carbocycles. The molecular weight excluding hydrogens is 555 g/mol. The van der Waals surface area contributed by atoms with Crippen molar-refractivity contribution in [2.75, 3.05) is 0 Å². The standard InChI is InChI=1S/C21H15BrF3N5O4S/c1-9-4-12-15(8-29(9)16(31)10-2-3-14(22)13(5-10)21(23,24)25)28-20(35)30(17(12)32)19-26-6-11(7-27-19)18(33)34/h2-3,5-7,9H,4,8H2,1H3,(H,28,35)(H,33,34)/t9-/m1/s1. The minimum Gasteiger partial charge on any atom is -0.478 e. The first-order valence-electron chi connectivity index (χ1n) is 9.99. The smallest absolute Gasteiger partial charge is 0.417 e. The van der Waals surface area contributed by atoms with Crippen LogP contribution in [0.4, 0.5) is 13.2 Å². The maximum atomic E-state index is 13.3. The minimum atomic E-state index is -4.64. The van der Waals surface area contributed by atoms with Crippen molar-refractivity contribution in [2.24, 2.45) is 0 Å². The van der Waals surface area contributed by atoms with Gasteiger partial charge in [-0.3, -0.25) is 9.59 Å². The topological polar surface area (TPSA) is 121 Å². The van der Waals surface area contributed by atoms with Crippen LogP contribution in [0.3, 0.4) is 0 Å². The lowest BCUT2D eigenvalue weighted by atomic mass is 9.98. The van der Waals surface area contributed by atoms with Gasteiger partial charge in [-0.2, -0.15) is 13.2 Å². The molecule has 3 aromatic rings. The Morgan fingerprint density at radius 3 is 2.49 bits per heavy atom. The summed E-state index contributed by atoms with van der Waals surface area (Å²) in [6, 6.07) is 2.73. The van der Waals surface area contributed by atoms with E-state index in [-0.39, 0.29) is 39.3 Å². The highest BCUT2D eigenvalue weighted by molar-refractivity contribution is 9.10. The van der Waals surface area contributed by atoms with Gasteiger partial charge in [-0.1, -0.05) is 15.9 Å². The number of hydrogen-bond donors (Lipinski definition) is 2. The van der Waals surface area contributed by atoms with Gasteiger partial charge in [0.05, 0.1) is 17.7 Å². The second kappa shape index (κ2) is 9.00. The molecule has 9 nitrogen and oxygen atoms in total. The fourth-order valence-electron chi connectivity index (χ4n) is 3.74. The molecule has 2 aromatic heterocycles. The average Bonchev–Trinajstić information content (AvgIpc) is 2.79. The third-order valence-electron chi connectivity index (χ3n) is 5.51. The van der Waals surface area contributed by atoms with Crippen LogP contribution >= 0.6 is 28.1 Å². The molecule has 1 atom stereocenters. The number of amides is 1. The number of carbonyl (C=O) groups is 2. The Labute approximate surface area is 208 Å². The molecule has 0 saturated carbocycles. The van der Waals surface area contributed by atoms with Crippen molar-refractivity contribution < 1.29 is 27.9 Å². The van der Waals surface area contributed by atoms with E-state index < -0.39 is 35.2 Å². The molecule has 0 bridgehead atoms. The van der Waals surface area contributed by atoms with E-state index in [1.54, 1.807) is 6.92 Å². The predicted octanol–water partition coefficient (Wildman–Crippen LogP) is 3.75. The highest BCUT2D eigenvalue weighted by atomic mass is 79.9. The normalized spacial score (nSPS) is 15.6. The SMILES string of the molecule is C[C@@H]1Cc2c([nH]c(=S)n(-c3ncc(C(=O)O)cn3)c2=O)CN1C(=O)c1ccc(Br)c(C(F)(F)F)c1. The van der Waals surface area contributed by atoms with Crippen LogP contribution in [0.15, 0.2) is 39.9 Å². The molecule has 14 heteroatoms. The van der Waals surface area contributed by atoms with Crippen LogP contribution in [0.25, 0.3) is 5.95 Å². The zero-order chi connectivity index (χ0) is 25.7. The van der Waals surface area contributed by atoms with Crippen LogP contribution < -0.4 is 5.56 Å². The van der Waals surface area contributed by atoms with Crippen molar-refractivity contribution in [1.82, 2.24) is 24.4 Å². The molecule has 0 saturated heterocycles. The monoisotopic (exact) mass is 569 g/mol. The van der Waals surface area contributed by atoms with E-state index in [0.29, 0.717) is 11.3 Å². The van der Waals surface area contributed by atoms with Crippen molar-refractivity contribution >= 4 is 40.0 Å². The van der Waals surface area contributed by atoms with Gasteiger partial charge in [0.25, 0.3) is 11.5 Å². The van der Waals surface area contributed by atoms with Crippen molar-refractivity contribution in [1.29, 1.82) is 0 Å². The summed E-state index contributed by atoms with van der Waals surface area (Å²) >= 11 is 8.13. The van der Waals surface area contributed by atoms with Gasteiger partial charge in [-0.15, -0.1) is 0 Å². The van der Waals surface area contributed by atoms with Crippen LogP contribution in [0.5, 0.6) is 0 Å². The summed E-state index contributed by atoms with van der Waals surface area (Å²) in [7, 11) is 0. The fourth-order valence-corrected chi connectivity index (χ4v) is 4.50. The number of rotatable bonds is 3. The summed E-state index contributed by atoms with van der Waals surface area (Å²) in [6.45, 7) is 1.60. The second-order valence-electron chi connectivity index (χ2n) is 7.78. The van der Waals surface area contributed by atoms with Gasteiger partial charge >= 0.3 is 12.1 Å². The largest absolute Gasteiger partial charge is 0.478 e. The Morgan fingerprint density at radius 2 is 1.89 bits per heavy atom. The quantitative estimate of drug-likeness (QED) is 0.461. The Kier molecular flexibility index (Phi) is 6.36. The molecule has 4 rings (SSSR count). The van der Waals surface area contributed by atoms with Crippen LogP contribution in [0.2, 0.25) is 0 Å². The Hall–Kier alpha value is -3.39. The summed E-state index contributed by atoms with van der Waals surface area (Å²) in [5.74, 6) is -1.98. The number of aromatic carboxylic acids is 1. The third-order valence-corrected chi connectivity index (χ3v) is 6.49. The first-order chi connectivity index (χ1) is 16.4. The molecular formula is C21H15BrF3N5O4S. The lowest BCUT2D eigenvalue weighted by Crippen LogP contribution is -2.46. The van der Waals surface area contributed by atoms with Gasteiger partial charge in [0, 0.05) is 39.7 Å². The van der Waals surface area contributed by atoms with Gasteiger partial charge in [0.15, 0.2) is 4.77 Å². The number of carboxylic acid groups (broad SMARTS) is 1. The number of carbonyl (C=O) groups excluding carboxylic acids is 1. The number of halogens is 4. The number of carboxylic acids is 1. The summed E-state index contributed by atoms with van der Waals surface area (Å²) in [5, 5.41) is 9.00. The van der Waals surface area contributed by atoms with Gasteiger partial charge in [-0.25, -0.2) is 19.3 Å². The molecule has 1 amide bonds. The maximum absolute atomic E-state index is 13.3. The van der Waals surface area contributed by atoms with Crippen LogP contribution in [-0.2, 0) is 19.1 Å². The molecule has 2 N–H and O–H groups in total. The molecule has 1 aromatic carbocycles. The summed E-state index contributed by atoms with van der Waals surface area (Å²) in [4.78, 5) is 49.3. The molecule has 3 heterocycles. The number of fused-ring (bicyclic) bond motifs is 1. The van der Waals surface area contributed by atoms with Crippen LogP contribution in [-0.4, -0.2) is 47.4 Å². The Morgan fingerprint density at radius 1 is 1.23 bits per heavy atom. The molecule has 0 radical (unpaired) electrons.